The van der Waals surface area contributed by atoms with Gasteiger partial charge in [-0.3, -0.25) is 9.89 Å². The highest BCUT2D eigenvalue weighted by molar-refractivity contribution is 14.0. The van der Waals surface area contributed by atoms with E-state index >= 15 is 0 Å². The highest BCUT2D eigenvalue weighted by Crippen LogP contribution is 2.20. The van der Waals surface area contributed by atoms with E-state index in [1.165, 1.54) is 25.9 Å². The average Bonchev–Trinajstić information content (AvgIpc) is 2.38. The summed E-state index contributed by atoms with van der Waals surface area (Å²) in [4.78, 5) is 6.95. The van der Waals surface area contributed by atoms with Crippen molar-refractivity contribution in [3.63, 3.8) is 0 Å². The van der Waals surface area contributed by atoms with Crippen molar-refractivity contribution >= 4 is 29.9 Å². The van der Waals surface area contributed by atoms with Crippen molar-refractivity contribution in [1.29, 1.82) is 0 Å². The van der Waals surface area contributed by atoms with E-state index in [0.29, 0.717) is 18.0 Å². The summed E-state index contributed by atoms with van der Waals surface area (Å²) >= 11 is 0. The first-order valence-corrected chi connectivity index (χ1v) is 8.15. The minimum Gasteiger partial charge on any atom is -0.355 e. The molecule has 4 nitrogen and oxygen atoms in total. The number of piperidine rings is 1. The predicted molar refractivity (Wildman–Crippen MR) is 104 cm³/mol. The van der Waals surface area contributed by atoms with Gasteiger partial charge >= 0.3 is 0 Å². The topological polar surface area (TPSA) is 39.7 Å². The van der Waals surface area contributed by atoms with E-state index < -0.39 is 0 Å². The Morgan fingerprint density at radius 2 is 1.76 bits per heavy atom. The maximum atomic E-state index is 4.29. The smallest absolute Gasteiger partial charge is 0.191 e. The number of aliphatic imine (C=N–C) groups is 1. The second kappa shape index (κ2) is 10.6. The van der Waals surface area contributed by atoms with E-state index in [0.717, 1.165) is 18.4 Å². The Bertz CT molecular complexity index is 297. The molecule has 0 aromatic carbocycles. The molecule has 0 aliphatic carbocycles. The summed E-state index contributed by atoms with van der Waals surface area (Å²) in [6, 6.07) is 1.00. The van der Waals surface area contributed by atoms with Gasteiger partial charge in [-0.15, -0.1) is 24.0 Å². The second-order valence-electron chi connectivity index (χ2n) is 6.78. The second-order valence-corrected chi connectivity index (χ2v) is 6.78. The lowest BCUT2D eigenvalue weighted by molar-refractivity contribution is 0.110. The van der Waals surface area contributed by atoms with Crippen LogP contribution >= 0.6 is 24.0 Å². The fourth-order valence-electron chi connectivity index (χ4n) is 2.82. The van der Waals surface area contributed by atoms with Gasteiger partial charge in [-0.1, -0.05) is 20.8 Å². The van der Waals surface area contributed by atoms with Gasteiger partial charge in [-0.05, 0) is 51.6 Å². The SMILES string of the molecule is CN=C(NCC(C(C)C)N1CCC(C)CC1)NC(C)C.I. The number of guanidine groups is 1. The molecule has 126 valence electrons. The van der Waals surface area contributed by atoms with Gasteiger partial charge < -0.3 is 10.6 Å². The zero-order chi connectivity index (χ0) is 15.1. The Labute approximate surface area is 148 Å². The van der Waals surface area contributed by atoms with Crippen molar-refractivity contribution in [2.24, 2.45) is 16.8 Å². The van der Waals surface area contributed by atoms with Gasteiger partial charge in [0, 0.05) is 25.7 Å². The van der Waals surface area contributed by atoms with Crippen LogP contribution in [0.25, 0.3) is 0 Å². The molecule has 1 saturated heterocycles. The molecular weight excluding hydrogens is 375 g/mol. The maximum absolute atomic E-state index is 4.29. The minimum atomic E-state index is 0. The van der Waals surface area contributed by atoms with Crippen molar-refractivity contribution in [3.05, 3.63) is 0 Å². The Morgan fingerprint density at radius 3 is 2.19 bits per heavy atom. The average molecular weight is 410 g/mol. The van der Waals surface area contributed by atoms with Gasteiger partial charge in [0.05, 0.1) is 0 Å². The fraction of sp³-hybridized carbons (Fsp3) is 0.938. The lowest BCUT2D eigenvalue weighted by atomic mass is 9.94. The van der Waals surface area contributed by atoms with Crippen LogP contribution in [0, 0.1) is 11.8 Å². The van der Waals surface area contributed by atoms with Crippen molar-refractivity contribution in [3.8, 4) is 0 Å². The number of nitrogens with zero attached hydrogens (tertiary/aromatic N) is 2. The van der Waals surface area contributed by atoms with Gasteiger partial charge in [0.25, 0.3) is 0 Å². The van der Waals surface area contributed by atoms with Crippen molar-refractivity contribution < 1.29 is 0 Å². The summed E-state index contributed by atoms with van der Waals surface area (Å²) < 4.78 is 0. The molecule has 0 bridgehead atoms. The number of rotatable bonds is 5. The van der Waals surface area contributed by atoms with Crippen molar-refractivity contribution in [2.75, 3.05) is 26.7 Å². The summed E-state index contributed by atoms with van der Waals surface area (Å²) in [5, 5.41) is 6.84. The van der Waals surface area contributed by atoms with E-state index in [2.05, 4.69) is 55.1 Å². The van der Waals surface area contributed by atoms with Gasteiger partial charge in [0.15, 0.2) is 5.96 Å². The van der Waals surface area contributed by atoms with E-state index in [1.54, 1.807) is 0 Å². The van der Waals surface area contributed by atoms with Crippen LogP contribution in [-0.4, -0.2) is 49.6 Å². The molecule has 0 spiro atoms. The van der Waals surface area contributed by atoms with Gasteiger partial charge in [-0.25, -0.2) is 0 Å². The zero-order valence-electron chi connectivity index (χ0n) is 14.6. The monoisotopic (exact) mass is 410 g/mol. The number of likely N-dealkylation sites (tertiary alicyclic amines) is 1. The molecule has 1 fully saturated rings. The van der Waals surface area contributed by atoms with Crippen LogP contribution in [0.15, 0.2) is 4.99 Å². The highest BCUT2D eigenvalue weighted by Gasteiger charge is 2.25. The van der Waals surface area contributed by atoms with Crippen molar-refractivity contribution in [1.82, 2.24) is 15.5 Å². The zero-order valence-corrected chi connectivity index (χ0v) is 17.0. The van der Waals surface area contributed by atoms with Crippen LogP contribution in [0.1, 0.15) is 47.5 Å². The van der Waals surface area contributed by atoms with Crippen LogP contribution in [-0.2, 0) is 0 Å². The Morgan fingerprint density at radius 1 is 1.19 bits per heavy atom. The molecule has 1 aliphatic rings. The molecule has 5 heteroatoms. The lowest BCUT2D eigenvalue weighted by Gasteiger charge is -2.39. The van der Waals surface area contributed by atoms with Crippen molar-refractivity contribution in [2.45, 2.75) is 59.5 Å². The minimum absolute atomic E-state index is 0. The number of halogens is 1. The third kappa shape index (κ3) is 7.68. The van der Waals surface area contributed by atoms with Crippen LogP contribution < -0.4 is 10.6 Å². The number of hydrogen-bond acceptors (Lipinski definition) is 2. The molecule has 1 atom stereocenters. The molecule has 0 amide bonds. The van der Waals surface area contributed by atoms with Gasteiger partial charge in [0.1, 0.15) is 0 Å². The normalized spacial score (nSPS) is 19.5. The van der Waals surface area contributed by atoms with E-state index in [1.807, 2.05) is 7.05 Å². The molecular formula is C16H35IN4. The first-order valence-electron chi connectivity index (χ1n) is 8.15. The van der Waals surface area contributed by atoms with E-state index in [-0.39, 0.29) is 24.0 Å². The summed E-state index contributed by atoms with van der Waals surface area (Å²) in [6.07, 6.45) is 2.67. The van der Waals surface area contributed by atoms with Gasteiger partial charge in [0.2, 0.25) is 0 Å². The Kier molecular flexibility index (Phi) is 10.6. The largest absolute Gasteiger partial charge is 0.355 e. The molecule has 1 unspecified atom stereocenters. The van der Waals surface area contributed by atoms with Crippen LogP contribution in [0.3, 0.4) is 0 Å². The standard InChI is InChI=1S/C16H34N4.HI/c1-12(2)15(20-9-7-14(5)8-10-20)11-18-16(17-6)19-13(3)4;/h12-15H,7-11H2,1-6H3,(H2,17,18,19);1H. The quantitative estimate of drug-likeness (QED) is 0.416. The predicted octanol–water partition coefficient (Wildman–Crippen LogP) is 2.93. The van der Waals surface area contributed by atoms with E-state index in [4.69, 9.17) is 0 Å². The lowest BCUT2D eigenvalue weighted by Crippen LogP contribution is -2.52. The third-order valence-electron chi connectivity index (χ3n) is 4.18. The molecule has 0 saturated carbocycles. The number of hydrogen-bond donors (Lipinski definition) is 2. The summed E-state index contributed by atoms with van der Waals surface area (Å²) in [6.45, 7) is 14.7. The summed E-state index contributed by atoms with van der Waals surface area (Å²) in [7, 11) is 1.84. The first kappa shape index (κ1) is 21.0. The van der Waals surface area contributed by atoms with Crippen LogP contribution in [0.5, 0.6) is 0 Å². The van der Waals surface area contributed by atoms with Crippen LogP contribution in [0.2, 0.25) is 0 Å². The molecule has 21 heavy (non-hydrogen) atoms. The molecule has 2 N–H and O–H groups in total. The first-order chi connectivity index (χ1) is 9.43. The summed E-state index contributed by atoms with van der Waals surface area (Å²) in [5.74, 6) is 2.46. The maximum Gasteiger partial charge on any atom is 0.191 e. The highest BCUT2D eigenvalue weighted by atomic mass is 127. The molecule has 1 rings (SSSR count). The number of nitrogens with one attached hydrogen (secondary N) is 2. The van der Waals surface area contributed by atoms with Gasteiger partial charge in [-0.2, -0.15) is 0 Å². The van der Waals surface area contributed by atoms with E-state index in [9.17, 15) is 0 Å². The molecule has 0 radical (unpaired) electrons. The molecule has 0 aromatic heterocycles. The Hall–Kier alpha value is -0.0400. The third-order valence-corrected chi connectivity index (χ3v) is 4.18. The molecule has 0 aromatic rings. The van der Waals surface area contributed by atoms with Crippen LogP contribution in [0.4, 0.5) is 0 Å². The summed E-state index contributed by atoms with van der Waals surface area (Å²) in [5.41, 5.74) is 0. The Balaban J connectivity index is 0.00000400. The fourth-order valence-corrected chi connectivity index (χ4v) is 2.82. The molecule has 1 aliphatic heterocycles. The molecule has 1 heterocycles.